The molecule has 0 saturated heterocycles. The van der Waals surface area contributed by atoms with Crippen LogP contribution in [-0.2, 0) is 19.1 Å². The second-order valence-electron chi connectivity index (χ2n) is 3.36. The van der Waals surface area contributed by atoms with Gasteiger partial charge in [-0.1, -0.05) is 11.3 Å². The first-order chi connectivity index (χ1) is 8.53. The van der Waals surface area contributed by atoms with E-state index in [0.717, 1.165) is 11.6 Å². The van der Waals surface area contributed by atoms with Crippen molar-refractivity contribution in [2.24, 2.45) is 0 Å². The monoisotopic (exact) mass is 270 g/mol. The van der Waals surface area contributed by atoms with Crippen LogP contribution in [0, 0.1) is 6.92 Å². The lowest BCUT2D eigenvalue weighted by molar-refractivity contribution is -0.136. The summed E-state index contributed by atoms with van der Waals surface area (Å²) in [5.74, 6) is -1.20. The molecule has 1 heterocycles. The normalized spacial score (nSPS) is 11.0. The molecule has 0 aliphatic carbocycles. The van der Waals surface area contributed by atoms with Crippen molar-refractivity contribution in [3.8, 4) is 5.06 Å². The number of carbonyl (C=O) groups excluding carboxylic acids is 2. The molecule has 0 fully saturated rings. The molecule has 0 N–H and O–H groups in total. The molecule has 0 radical (unpaired) electrons. The van der Waals surface area contributed by atoms with Crippen LogP contribution >= 0.6 is 11.3 Å². The molecule has 0 amide bonds. The minimum Gasteiger partial charge on any atom is -0.487 e. The van der Waals surface area contributed by atoms with Gasteiger partial charge in [-0.2, -0.15) is 0 Å². The van der Waals surface area contributed by atoms with Crippen LogP contribution in [0.15, 0.2) is 12.1 Å². The maximum atomic E-state index is 11.6. The highest BCUT2D eigenvalue weighted by Crippen LogP contribution is 2.34. The second-order valence-corrected chi connectivity index (χ2v) is 4.37. The Morgan fingerprint density at radius 3 is 2.33 bits per heavy atom. The molecule has 0 bridgehead atoms. The van der Waals surface area contributed by atoms with Gasteiger partial charge in [0.2, 0.25) is 0 Å². The topological polar surface area (TPSA) is 61.8 Å². The summed E-state index contributed by atoms with van der Waals surface area (Å²) >= 11 is 1.26. The van der Waals surface area contributed by atoms with Gasteiger partial charge in [-0.15, -0.1) is 0 Å². The predicted molar refractivity (Wildman–Crippen MR) is 67.6 cm³/mol. The SMILES string of the molecule is COC(=O)/C=C(\C(=O)OC)c1cc(C)c(OC)s1. The number of rotatable bonds is 4. The molecule has 0 aromatic carbocycles. The quantitative estimate of drug-likeness (QED) is 0.616. The molecule has 0 spiro atoms. The zero-order valence-electron chi connectivity index (χ0n) is 10.6. The van der Waals surface area contributed by atoms with Crippen molar-refractivity contribution in [3.63, 3.8) is 0 Å². The largest absolute Gasteiger partial charge is 0.487 e. The van der Waals surface area contributed by atoms with Crippen molar-refractivity contribution in [1.82, 2.24) is 0 Å². The molecule has 0 atom stereocenters. The van der Waals surface area contributed by atoms with Crippen molar-refractivity contribution >= 4 is 28.8 Å². The van der Waals surface area contributed by atoms with Gasteiger partial charge in [0, 0.05) is 16.5 Å². The van der Waals surface area contributed by atoms with E-state index in [0.29, 0.717) is 9.94 Å². The zero-order chi connectivity index (χ0) is 13.7. The number of ether oxygens (including phenoxy) is 3. The first-order valence-corrected chi connectivity index (χ1v) is 5.87. The van der Waals surface area contributed by atoms with E-state index in [1.807, 2.05) is 6.92 Å². The fourth-order valence-electron chi connectivity index (χ4n) is 1.32. The molecule has 5 nitrogen and oxygen atoms in total. The summed E-state index contributed by atoms with van der Waals surface area (Å²) < 4.78 is 14.3. The number of esters is 2. The highest BCUT2D eigenvalue weighted by atomic mass is 32.1. The molecule has 98 valence electrons. The Morgan fingerprint density at radius 1 is 1.22 bits per heavy atom. The molecule has 0 aliphatic rings. The molecule has 1 rings (SSSR count). The summed E-state index contributed by atoms with van der Waals surface area (Å²) in [6, 6.07) is 1.76. The minimum absolute atomic E-state index is 0.153. The van der Waals surface area contributed by atoms with Crippen LogP contribution < -0.4 is 4.74 Å². The van der Waals surface area contributed by atoms with Crippen LogP contribution in [0.5, 0.6) is 5.06 Å². The summed E-state index contributed by atoms with van der Waals surface area (Å²) in [5.41, 5.74) is 1.04. The first-order valence-electron chi connectivity index (χ1n) is 5.06. The van der Waals surface area contributed by atoms with Gasteiger partial charge in [0.15, 0.2) is 5.06 Å². The number of aryl methyl sites for hydroxylation is 1. The molecular weight excluding hydrogens is 256 g/mol. The van der Waals surface area contributed by atoms with Gasteiger partial charge < -0.3 is 14.2 Å². The van der Waals surface area contributed by atoms with Crippen LogP contribution in [0.2, 0.25) is 0 Å². The number of hydrogen-bond acceptors (Lipinski definition) is 6. The van der Waals surface area contributed by atoms with E-state index in [9.17, 15) is 9.59 Å². The average Bonchev–Trinajstić information content (AvgIpc) is 2.75. The fourth-order valence-corrected chi connectivity index (χ4v) is 2.31. The van der Waals surface area contributed by atoms with Gasteiger partial charge in [0.05, 0.1) is 26.9 Å². The lowest BCUT2D eigenvalue weighted by atomic mass is 10.2. The number of methoxy groups -OCH3 is 3. The van der Waals surface area contributed by atoms with Gasteiger partial charge >= 0.3 is 11.9 Å². The molecule has 1 aromatic heterocycles. The number of carbonyl (C=O) groups is 2. The van der Waals surface area contributed by atoms with E-state index < -0.39 is 11.9 Å². The number of hydrogen-bond donors (Lipinski definition) is 0. The molecule has 1 aromatic rings. The summed E-state index contributed by atoms with van der Waals surface area (Å²) in [7, 11) is 4.05. The Kier molecular flexibility index (Phi) is 4.91. The zero-order valence-corrected chi connectivity index (χ0v) is 11.4. The van der Waals surface area contributed by atoms with Crippen molar-refractivity contribution in [2.45, 2.75) is 6.92 Å². The summed E-state index contributed by atoms with van der Waals surface area (Å²) in [6.45, 7) is 1.85. The van der Waals surface area contributed by atoms with Crippen molar-refractivity contribution < 1.29 is 23.8 Å². The lowest BCUT2D eigenvalue weighted by Gasteiger charge is -2.02. The van der Waals surface area contributed by atoms with Crippen molar-refractivity contribution in [1.29, 1.82) is 0 Å². The Bertz CT molecular complexity index is 487. The Morgan fingerprint density at radius 2 is 1.89 bits per heavy atom. The standard InChI is InChI=1S/C12H14O5S/c1-7-5-9(18-12(7)17-4)8(11(14)16-3)6-10(13)15-2/h5-6H,1-4H3/b8-6-. The van der Waals surface area contributed by atoms with E-state index in [2.05, 4.69) is 9.47 Å². The van der Waals surface area contributed by atoms with E-state index in [1.165, 1.54) is 25.6 Å². The van der Waals surface area contributed by atoms with Gasteiger partial charge in [-0.3, -0.25) is 0 Å². The maximum absolute atomic E-state index is 11.6. The third-order valence-corrected chi connectivity index (χ3v) is 3.42. The number of thiophene rings is 1. The van der Waals surface area contributed by atoms with Crippen LogP contribution in [0.1, 0.15) is 10.4 Å². The van der Waals surface area contributed by atoms with E-state index in [4.69, 9.17) is 4.74 Å². The Balaban J connectivity index is 3.21. The molecule has 0 unspecified atom stereocenters. The summed E-state index contributed by atoms with van der Waals surface area (Å²) in [4.78, 5) is 23.5. The van der Waals surface area contributed by atoms with Gasteiger partial charge in [0.25, 0.3) is 0 Å². The van der Waals surface area contributed by atoms with E-state index >= 15 is 0 Å². The van der Waals surface area contributed by atoms with Gasteiger partial charge in [-0.25, -0.2) is 9.59 Å². The summed E-state index contributed by atoms with van der Waals surface area (Å²) in [5, 5.41) is 0.685. The van der Waals surface area contributed by atoms with Crippen LogP contribution in [0.3, 0.4) is 0 Å². The van der Waals surface area contributed by atoms with Gasteiger partial charge in [0.1, 0.15) is 0 Å². The lowest BCUT2D eigenvalue weighted by Crippen LogP contribution is -2.06. The molecule has 0 saturated carbocycles. The average molecular weight is 270 g/mol. The first kappa shape index (κ1) is 14.2. The molecule has 18 heavy (non-hydrogen) atoms. The molecule has 0 aliphatic heterocycles. The van der Waals surface area contributed by atoms with Crippen molar-refractivity contribution in [3.05, 3.63) is 22.6 Å². The second kappa shape index (κ2) is 6.20. The van der Waals surface area contributed by atoms with E-state index in [1.54, 1.807) is 13.2 Å². The Labute approximate surface area is 109 Å². The van der Waals surface area contributed by atoms with Crippen LogP contribution in [0.4, 0.5) is 0 Å². The van der Waals surface area contributed by atoms with Gasteiger partial charge in [-0.05, 0) is 13.0 Å². The minimum atomic E-state index is -0.611. The predicted octanol–water partition coefficient (Wildman–Crippen LogP) is 1.79. The summed E-state index contributed by atoms with van der Waals surface area (Å²) in [6.07, 6.45) is 1.11. The third kappa shape index (κ3) is 3.10. The van der Waals surface area contributed by atoms with Crippen molar-refractivity contribution in [2.75, 3.05) is 21.3 Å². The smallest absolute Gasteiger partial charge is 0.339 e. The Hall–Kier alpha value is -1.82. The highest BCUT2D eigenvalue weighted by Gasteiger charge is 2.18. The fraction of sp³-hybridized carbons (Fsp3) is 0.333. The molecular formula is C12H14O5S. The van der Waals surface area contributed by atoms with Crippen LogP contribution in [-0.4, -0.2) is 33.3 Å². The van der Waals surface area contributed by atoms with E-state index in [-0.39, 0.29) is 5.57 Å². The highest BCUT2D eigenvalue weighted by molar-refractivity contribution is 7.15. The maximum Gasteiger partial charge on any atom is 0.339 e. The molecule has 6 heteroatoms. The van der Waals surface area contributed by atoms with Crippen LogP contribution in [0.25, 0.3) is 5.57 Å². The third-order valence-electron chi connectivity index (χ3n) is 2.19.